The Morgan fingerprint density at radius 3 is 1.45 bits per heavy atom. The van der Waals surface area contributed by atoms with Gasteiger partial charge in [-0.05, 0) is 12.8 Å². The van der Waals surface area contributed by atoms with Crippen LogP contribution >= 0.6 is 0 Å². The van der Waals surface area contributed by atoms with Gasteiger partial charge in [0.25, 0.3) is 0 Å². The third kappa shape index (κ3) is 15.4. The maximum absolute atomic E-state index is 12.3. The molecule has 0 aromatic carbocycles. The van der Waals surface area contributed by atoms with Crippen LogP contribution in [0.4, 0.5) is 0 Å². The van der Waals surface area contributed by atoms with Crippen LogP contribution < -0.4 is 0 Å². The van der Waals surface area contributed by atoms with Gasteiger partial charge in [-0.15, -0.1) is 0 Å². The molecule has 6 N–H and O–H groups in total. The van der Waals surface area contributed by atoms with E-state index in [0.29, 0.717) is 12.8 Å². The normalized spacial score (nSPS) is 30.0. The summed E-state index contributed by atoms with van der Waals surface area (Å²) in [6, 6.07) is 0. The SMILES string of the molecule is CCCCCCCCCCCC(=O)OC[C@H]1O[C@@](CO)(O[C@H]2O[C@H](COC(=O)CCCCCCCCCCC)[C@@H](O)[C@H](O)[C@H]2O)[C@@H](O)[C@@H]1O. The second kappa shape index (κ2) is 24.7. The molecule has 13 heteroatoms. The molecule has 288 valence electrons. The number of carbonyl (C=O) groups excluding carboxylic acids is 2. The van der Waals surface area contributed by atoms with Crippen LogP contribution in [0, 0.1) is 0 Å². The van der Waals surface area contributed by atoms with Crippen LogP contribution in [0.5, 0.6) is 0 Å². The number of aliphatic hydroxyl groups is 6. The smallest absolute Gasteiger partial charge is 0.305 e. The molecule has 0 aliphatic carbocycles. The largest absolute Gasteiger partial charge is 0.463 e. The van der Waals surface area contributed by atoms with Crippen LogP contribution in [-0.4, -0.2) is 117 Å². The summed E-state index contributed by atoms with van der Waals surface area (Å²) in [5.41, 5.74) is 0. The second-order valence-corrected chi connectivity index (χ2v) is 13.7. The van der Waals surface area contributed by atoms with E-state index in [1.807, 2.05) is 0 Å². The summed E-state index contributed by atoms with van der Waals surface area (Å²) in [7, 11) is 0. The molecule has 13 nitrogen and oxygen atoms in total. The number of esters is 2. The van der Waals surface area contributed by atoms with Crippen molar-refractivity contribution in [3.8, 4) is 0 Å². The van der Waals surface area contributed by atoms with E-state index in [4.69, 9.17) is 23.7 Å². The topological polar surface area (TPSA) is 202 Å². The van der Waals surface area contributed by atoms with E-state index in [9.17, 15) is 40.2 Å². The van der Waals surface area contributed by atoms with Crippen LogP contribution in [0.25, 0.3) is 0 Å². The molecule has 2 saturated heterocycles. The van der Waals surface area contributed by atoms with Crippen molar-refractivity contribution < 1.29 is 63.9 Å². The van der Waals surface area contributed by atoms with Crippen molar-refractivity contribution in [2.45, 2.75) is 197 Å². The highest BCUT2D eigenvalue weighted by Crippen LogP contribution is 2.36. The Morgan fingerprint density at radius 2 is 1.00 bits per heavy atom. The lowest BCUT2D eigenvalue weighted by Crippen LogP contribution is -2.62. The molecule has 2 fully saturated rings. The molecule has 2 rings (SSSR count). The first-order chi connectivity index (χ1) is 23.6. The highest BCUT2D eigenvalue weighted by atomic mass is 16.8. The van der Waals surface area contributed by atoms with Crippen molar-refractivity contribution in [3.05, 3.63) is 0 Å². The fourth-order valence-corrected chi connectivity index (χ4v) is 6.26. The van der Waals surface area contributed by atoms with Gasteiger partial charge in [0.2, 0.25) is 5.79 Å². The van der Waals surface area contributed by atoms with Gasteiger partial charge in [0.05, 0.1) is 0 Å². The second-order valence-electron chi connectivity index (χ2n) is 13.7. The van der Waals surface area contributed by atoms with E-state index in [1.54, 1.807) is 0 Å². The predicted octanol–water partition coefficient (Wildman–Crippen LogP) is 3.55. The minimum atomic E-state index is -2.32. The summed E-state index contributed by atoms with van der Waals surface area (Å²) in [6.45, 7) is 2.50. The molecule has 9 atom stereocenters. The third-order valence-corrected chi connectivity index (χ3v) is 9.50. The minimum absolute atomic E-state index is 0.181. The van der Waals surface area contributed by atoms with Crippen LogP contribution in [0.2, 0.25) is 0 Å². The zero-order chi connectivity index (χ0) is 36.1. The fourth-order valence-electron chi connectivity index (χ4n) is 6.26. The average Bonchev–Trinajstić information content (AvgIpc) is 3.33. The molecule has 0 spiro atoms. The van der Waals surface area contributed by atoms with Gasteiger partial charge in [0.1, 0.15) is 62.5 Å². The summed E-state index contributed by atoms with van der Waals surface area (Å²) in [6.07, 6.45) is 6.95. The highest BCUT2D eigenvalue weighted by Gasteiger charge is 2.58. The molecule has 49 heavy (non-hydrogen) atoms. The van der Waals surface area contributed by atoms with Crippen molar-refractivity contribution in [1.29, 1.82) is 0 Å². The van der Waals surface area contributed by atoms with Gasteiger partial charge in [-0.3, -0.25) is 9.59 Å². The molecule has 2 aliphatic heterocycles. The summed E-state index contributed by atoms with van der Waals surface area (Å²) in [5, 5.41) is 63.1. The Bertz CT molecular complexity index is 891. The summed E-state index contributed by atoms with van der Waals surface area (Å²) in [5.74, 6) is -3.32. The molecule has 0 aromatic rings. The van der Waals surface area contributed by atoms with Gasteiger partial charge in [-0.25, -0.2) is 0 Å². The Kier molecular flexibility index (Phi) is 22.1. The minimum Gasteiger partial charge on any atom is -0.463 e. The van der Waals surface area contributed by atoms with Crippen LogP contribution in [0.1, 0.15) is 142 Å². The van der Waals surface area contributed by atoms with Crippen molar-refractivity contribution in [3.63, 3.8) is 0 Å². The number of hydrogen-bond donors (Lipinski definition) is 6. The van der Waals surface area contributed by atoms with Gasteiger partial charge in [0.15, 0.2) is 6.29 Å². The van der Waals surface area contributed by atoms with Gasteiger partial charge in [-0.2, -0.15) is 0 Å². The number of rotatable bonds is 27. The Morgan fingerprint density at radius 1 is 0.571 bits per heavy atom. The number of carbonyl (C=O) groups is 2. The predicted molar refractivity (Wildman–Crippen MR) is 180 cm³/mol. The van der Waals surface area contributed by atoms with Crippen molar-refractivity contribution >= 4 is 11.9 Å². The lowest BCUT2D eigenvalue weighted by molar-refractivity contribution is -0.383. The van der Waals surface area contributed by atoms with Gasteiger partial charge < -0.3 is 54.3 Å². The molecule has 2 heterocycles. The lowest BCUT2D eigenvalue weighted by atomic mass is 9.99. The molecule has 0 bridgehead atoms. The quantitative estimate of drug-likeness (QED) is 0.0536. The average molecular weight is 707 g/mol. The first kappa shape index (κ1) is 43.7. The van der Waals surface area contributed by atoms with Crippen LogP contribution in [0.15, 0.2) is 0 Å². The molecule has 0 radical (unpaired) electrons. The highest BCUT2D eigenvalue weighted by molar-refractivity contribution is 5.69. The van der Waals surface area contributed by atoms with E-state index in [1.165, 1.54) is 64.2 Å². The third-order valence-electron chi connectivity index (χ3n) is 9.50. The van der Waals surface area contributed by atoms with Crippen molar-refractivity contribution in [2.75, 3.05) is 19.8 Å². The summed E-state index contributed by atoms with van der Waals surface area (Å²) in [4.78, 5) is 24.6. The summed E-state index contributed by atoms with van der Waals surface area (Å²) < 4.78 is 27.4. The maximum Gasteiger partial charge on any atom is 0.305 e. The molecule has 0 aromatic heterocycles. The van der Waals surface area contributed by atoms with Gasteiger partial charge in [-0.1, -0.05) is 117 Å². The first-order valence-corrected chi connectivity index (χ1v) is 18.9. The molecular formula is C36H66O13. The van der Waals surface area contributed by atoms with Crippen LogP contribution in [0.3, 0.4) is 0 Å². The monoisotopic (exact) mass is 706 g/mol. The molecule has 0 saturated carbocycles. The number of ether oxygens (including phenoxy) is 5. The summed E-state index contributed by atoms with van der Waals surface area (Å²) >= 11 is 0. The Hall–Kier alpha value is -1.42. The van der Waals surface area contributed by atoms with E-state index in [2.05, 4.69) is 13.8 Å². The van der Waals surface area contributed by atoms with E-state index >= 15 is 0 Å². The molecular weight excluding hydrogens is 640 g/mol. The Labute approximate surface area is 292 Å². The van der Waals surface area contributed by atoms with Gasteiger partial charge >= 0.3 is 11.9 Å². The zero-order valence-corrected chi connectivity index (χ0v) is 29.9. The first-order valence-electron chi connectivity index (χ1n) is 18.9. The fraction of sp³-hybridized carbons (Fsp3) is 0.944. The zero-order valence-electron chi connectivity index (χ0n) is 29.9. The van der Waals surface area contributed by atoms with E-state index in [-0.39, 0.29) is 12.8 Å². The number of aliphatic hydroxyl groups excluding tert-OH is 6. The van der Waals surface area contributed by atoms with E-state index in [0.717, 1.165) is 38.5 Å². The number of unbranched alkanes of at least 4 members (excludes halogenated alkanes) is 16. The lowest BCUT2D eigenvalue weighted by Gasteiger charge is -2.43. The van der Waals surface area contributed by atoms with Crippen LogP contribution in [-0.2, 0) is 33.3 Å². The molecule has 2 aliphatic rings. The van der Waals surface area contributed by atoms with Crippen molar-refractivity contribution in [1.82, 2.24) is 0 Å². The van der Waals surface area contributed by atoms with Crippen molar-refractivity contribution in [2.24, 2.45) is 0 Å². The Balaban J connectivity index is 1.78. The molecule has 0 amide bonds. The van der Waals surface area contributed by atoms with Gasteiger partial charge in [0, 0.05) is 12.8 Å². The standard InChI is InChI=1S/C36H66O13/c1-3-5-7-9-11-13-15-17-19-21-28(38)45-23-26-30(40)32(42)33(43)35(47-26)49-36(25-37)34(44)31(41)27(48-36)24-46-29(39)22-20-18-16-14-12-10-8-6-4-2/h26-27,30-35,37,40-44H,3-25H2,1-2H3/t26-,27-,30-,31-,32+,33-,34+,35-,36+/m1/s1. The molecule has 0 unspecified atom stereocenters. The van der Waals surface area contributed by atoms with E-state index < -0.39 is 86.6 Å². The number of hydrogen-bond acceptors (Lipinski definition) is 13. The maximum atomic E-state index is 12.3.